The standard InChI is InChI=1S/C22H28N2O5/c1-5-11-24-20(26)17-10-9-16(12-18(17)21(24)27)22(28)29-13-19(25)23-15(4)8-6-7-14(2)3/h5,9-10,12,14-15H,1,6-8,11,13H2,2-4H3,(H,23,25)/t15-/m0/s1. The first-order chi connectivity index (χ1) is 13.7. The summed E-state index contributed by atoms with van der Waals surface area (Å²) in [5.74, 6) is -1.38. The molecule has 7 heteroatoms. The van der Waals surface area contributed by atoms with E-state index in [0.29, 0.717) is 5.92 Å². The minimum atomic E-state index is -0.724. The Morgan fingerprint density at radius 1 is 1.14 bits per heavy atom. The maximum atomic E-state index is 12.3. The van der Waals surface area contributed by atoms with Crippen LogP contribution in [0.5, 0.6) is 0 Å². The third-order valence-corrected chi connectivity index (χ3v) is 4.68. The van der Waals surface area contributed by atoms with Crippen LogP contribution in [0.1, 0.15) is 71.1 Å². The van der Waals surface area contributed by atoms with Crippen molar-refractivity contribution in [3.8, 4) is 0 Å². The van der Waals surface area contributed by atoms with Gasteiger partial charge >= 0.3 is 5.97 Å². The number of amides is 3. The molecule has 0 saturated carbocycles. The molecule has 29 heavy (non-hydrogen) atoms. The SMILES string of the molecule is C=CCN1C(=O)c2ccc(C(=O)OCC(=O)N[C@@H](C)CCCC(C)C)cc2C1=O. The molecule has 1 aromatic carbocycles. The lowest BCUT2D eigenvalue weighted by molar-refractivity contribution is -0.124. The van der Waals surface area contributed by atoms with Crippen molar-refractivity contribution in [2.75, 3.05) is 13.2 Å². The Morgan fingerprint density at radius 3 is 2.48 bits per heavy atom. The van der Waals surface area contributed by atoms with Crippen LogP contribution in [0, 0.1) is 5.92 Å². The maximum Gasteiger partial charge on any atom is 0.338 e. The van der Waals surface area contributed by atoms with Gasteiger partial charge in [0.25, 0.3) is 17.7 Å². The van der Waals surface area contributed by atoms with E-state index in [9.17, 15) is 19.2 Å². The number of fused-ring (bicyclic) bond motifs is 1. The topological polar surface area (TPSA) is 92.8 Å². The normalized spacial score (nSPS) is 14.0. The Labute approximate surface area is 171 Å². The number of nitrogens with one attached hydrogen (secondary N) is 1. The second-order valence-corrected chi connectivity index (χ2v) is 7.64. The first-order valence-electron chi connectivity index (χ1n) is 9.82. The molecule has 1 heterocycles. The van der Waals surface area contributed by atoms with Gasteiger partial charge in [-0.2, -0.15) is 0 Å². The number of benzene rings is 1. The summed E-state index contributed by atoms with van der Waals surface area (Å²) in [5, 5.41) is 2.80. The smallest absolute Gasteiger partial charge is 0.338 e. The molecule has 0 saturated heterocycles. The van der Waals surface area contributed by atoms with Crippen LogP contribution in [0.3, 0.4) is 0 Å². The summed E-state index contributed by atoms with van der Waals surface area (Å²) in [4.78, 5) is 49.8. The van der Waals surface area contributed by atoms with Crippen molar-refractivity contribution in [1.29, 1.82) is 0 Å². The predicted molar refractivity (Wildman–Crippen MR) is 109 cm³/mol. The van der Waals surface area contributed by atoms with Gasteiger partial charge in [-0.1, -0.05) is 32.8 Å². The molecule has 0 fully saturated rings. The van der Waals surface area contributed by atoms with Crippen molar-refractivity contribution < 1.29 is 23.9 Å². The maximum absolute atomic E-state index is 12.3. The zero-order valence-electron chi connectivity index (χ0n) is 17.2. The first-order valence-corrected chi connectivity index (χ1v) is 9.82. The summed E-state index contributed by atoms with van der Waals surface area (Å²) in [6, 6.07) is 4.16. The van der Waals surface area contributed by atoms with Crippen LogP contribution < -0.4 is 5.32 Å². The lowest BCUT2D eigenvalue weighted by atomic mass is 10.0. The molecular weight excluding hydrogens is 372 g/mol. The molecule has 1 aliphatic rings. The molecule has 1 aromatic rings. The van der Waals surface area contributed by atoms with E-state index < -0.39 is 24.4 Å². The van der Waals surface area contributed by atoms with Crippen molar-refractivity contribution in [3.05, 3.63) is 47.5 Å². The van der Waals surface area contributed by atoms with E-state index in [1.807, 2.05) is 6.92 Å². The number of ether oxygens (including phenoxy) is 1. The van der Waals surface area contributed by atoms with Gasteiger partial charge in [0.2, 0.25) is 0 Å². The van der Waals surface area contributed by atoms with Gasteiger partial charge in [-0.15, -0.1) is 6.58 Å². The highest BCUT2D eigenvalue weighted by Crippen LogP contribution is 2.24. The van der Waals surface area contributed by atoms with Gasteiger partial charge in [0.05, 0.1) is 16.7 Å². The fourth-order valence-electron chi connectivity index (χ4n) is 3.15. The largest absolute Gasteiger partial charge is 0.452 e. The van der Waals surface area contributed by atoms with Gasteiger partial charge in [0.15, 0.2) is 6.61 Å². The lowest BCUT2D eigenvalue weighted by Gasteiger charge is -2.14. The zero-order chi connectivity index (χ0) is 21.6. The molecule has 1 atom stereocenters. The molecule has 1 N–H and O–H groups in total. The molecule has 0 aliphatic carbocycles. The number of carbonyl (C=O) groups is 4. The zero-order valence-corrected chi connectivity index (χ0v) is 17.2. The molecule has 1 aliphatic heterocycles. The molecule has 156 valence electrons. The van der Waals surface area contributed by atoms with Crippen LogP contribution >= 0.6 is 0 Å². The molecule has 7 nitrogen and oxygen atoms in total. The van der Waals surface area contributed by atoms with Crippen LogP contribution in [-0.4, -0.2) is 47.8 Å². The number of imide groups is 1. The summed E-state index contributed by atoms with van der Waals surface area (Å²) in [6.45, 7) is 9.45. The van der Waals surface area contributed by atoms with E-state index in [1.165, 1.54) is 24.3 Å². The molecule has 3 amide bonds. The van der Waals surface area contributed by atoms with Gasteiger partial charge in [0, 0.05) is 12.6 Å². The van der Waals surface area contributed by atoms with Gasteiger partial charge in [-0.05, 0) is 37.5 Å². The molecular formula is C22H28N2O5. The fourth-order valence-corrected chi connectivity index (χ4v) is 3.15. The van der Waals surface area contributed by atoms with Crippen LogP contribution in [0.2, 0.25) is 0 Å². The highest BCUT2D eigenvalue weighted by atomic mass is 16.5. The average molecular weight is 400 g/mol. The Kier molecular flexibility index (Phi) is 7.70. The van der Waals surface area contributed by atoms with E-state index in [2.05, 4.69) is 25.7 Å². The van der Waals surface area contributed by atoms with Gasteiger partial charge in [-0.25, -0.2) is 4.79 Å². The van der Waals surface area contributed by atoms with E-state index in [0.717, 1.165) is 24.2 Å². The van der Waals surface area contributed by atoms with E-state index in [4.69, 9.17) is 4.74 Å². The molecule has 0 spiro atoms. The molecule has 0 aromatic heterocycles. The van der Waals surface area contributed by atoms with Crippen molar-refractivity contribution >= 4 is 23.7 Å². The van der Waals surface area contributed by atoms with E-state index in [1.54, 1.807) is 0 Å². The highest BCUT2D eigenvalue weighted by Gasteiger charge is 2.35. The van der Waals surface area contributed by atoms with Crippen LogP contribution in [0.15, 0.2) is 30.9 Å². The third kappa shape index (κ3) is 5.76. The Bertz CT molecular complexity index is 815. The summed E-state index contributed by atoms with van der Waals surface area (Å²) in [7, 11) is 0. The average Bonchev–Trinajstić information content (AvgIpc) is 2.90. The van der Waals surface area contributed by atoms with Crippen LogP contribution in [0.25, 0.3) is 0 Å². The summed E-state index contributed by atoms with van der Waals surface area (Å²) < 4.78 is 5.05. The summed E-state index contributed by atoms with van der Waals surface area (Å²) in [6.07, 6.45) is 4.43. The number of esters is 1. The fraction of sp³-hybridized carbons (Fsp3) is 0.455. The number of hydrogen-bond acceptors (Lipinski definition) is 5. The number of hydrogen-bond donors (Lipinski definition) is 1. The van der Waals surface area contributed by atoms with Crippen molar-refractivity contribution in [1.82, 2.24) is 10.2 Å². The summed E-state index contributed by atoms with van der Waals surface area (Å²) in [5.41, 5.74) is 0.499. The molecule has 2 rings (SSSR count). The van der Waals surface area contributed by atoms with Crippen molar-refractivity contribution in [3.63, 3.8) is 0 Å². The monoisotopic (exact) mass is 400 g/mol. The van der Waals surface area contributed by atoms with Gasteiger partial charge in [-0.3, -0.25) is 19.3 Å². The molecule has 0 unspecified atom stereocenters. The predicted octanol–water partition coefficient (Wildman–Crippen LogP) is 2.96. The minimum absolute atomic E-state index is 0.000534. The quantitative estimate of drug-likeness (QED) is 0.370. The Morgan fingerprint density at radius 2 is 1.83 bits per heavy atom. The second-order valence-electron chi connectivity index (χ2n) is 7.64. The van der Waals surface area contributed by atoms with Crippen molar-refractivity contribution in [2.24, 2.45) is 5.92 Å². The van der Waals surface area contributed by atoms with Crippen molar-refractivity contribution in [2.45, 2.75) is 46.1 Å². The minimum Gasteiger partial charge on any atom is -0.452 e. The molecule has 0 bridgehead atoms. The van der Waals surface area contributed by atoms with Gasteiger partial charge < -0.3 is 10.1 Å². The highest BCUT2D eigenvalue weighted by molar-refractivity contribution is 6.22. The Hall–Kier alpha value is -2.96. The van der Waals surface area contributed by atoms with E-state index >= 15 is 0 Å². The van der Waals surface area contributed by atoms with E-state index in [-0.39, 0.29) is 35.2 Å². The van der Waals surface area contributed by atoms with Crippen LogP contribution in [-0.2, 0) is 9.53 Å². The first kappa shape index (κ1) is 22.3. The molecule has 0 radical (unpaired) electrons. The number of rotatable bonds is 10. The third-order valence-electron chi connectivity index (χ3n) is 4.68. The van der Waals surface area contributed by atoms with Crippen LogP contribution in [0.4, 0.5) is 0 Å². The second kappa shape index (κ2) is 10.0. The number of carbonyl (C=O) groups excluding carboxylic acids is 4. The van der Waals surface area contributed by atoms with Gasteiger partial charge in [0.1, 0.15) is 0 Å². The number of nitrogens with zero attached hydrogens (tertiary/aromatic N) is 1. The lowest BCUT2D eigenvalue weighted by Crippen LogP contribution is -2.35. The Balaban J connectivity index is 1.89. The summed E-state index contributed by atoms with van der Waals surface area (Å²) >= 11 is 0.